The van der Waals surface area contributed by atoms with Gasteiger partial charge in [0, 0.05) is 5.56 Å². The molecule has 3 N–H and O–H groups in total. The predicted molar refractivity (Wildman–Crippen MR) is 67.6 cm³/mol. The Labute approximate surface area is 111 Å². The van der Waals surface area contributed by atoms with Gasteiger partial charge < -0.3 is 14.8 Å². The lowest BCUT2D eigenvalue weighted by Gasteiger charge is -2.11. The van der Waals surface area contributed by atoms with Crippen molar-refractivity contribution in [3.05, 3.63) is 56.1 Å². The number of cyclic esters (lactones) is 1. The highest BCUT2D eigenvalue weighted by Gasteiger charge is 2.35. The molecule has 0 saturated heterocycles. The summed E-state index contributed by atoms with van der Waals surface area (Å²) in [6.45, 7) is 0. The molecule has 3 rings (SSSR count). The number of H-pyrrole nitrogens is 2. The van der Waals surface area contributed by atoms with Crippen molar-refractivity contribution in [1.29, 1.82) is 0 Å². The van der Waals surface area contributed by atoms with Crippen molar-refractivity contribution in [3.8, 4) is 5.88 Å². The second kappa shape index (κ2) is 4.06. The third-order valence-corrected chi connectivity index (χ3v) is 3.11. The first-order valence-corrected chi connectivity index (χ1v) is 5.84. The number of carbonyl (C=O) groups excluding carboxylic acids is 1. The zero-order chi connectivity index (χ0) is 13.6. The molecule has 1 unspecified atom stereocenters. The maximum Gasteiger partial charge on any atom is 0.339 e. The molecule has 0 saturated carbocycles. The van der Waals surface area contributed by atoms with Crippen LogP contribution in [0, 0.1) is 4.77 Å². The van der Waals surface area contributed by atoms with Gasteiger partial charge >= 0.3 is 5.97 Å². The van der Waals surface area contributed by atoms with Crippen LogP contribution in [0.15, 0.2) is 29.1 Å². The topological polar surface area (TPSA) is 95.2 Å². The van der Waals surface area contributed by atoms with E-state index in [4.69, 9.17) is 17.0 Å². The highest BCUT2D eigenvalue weighted by molar-refractivity contribution is 7.71. The van der Waals surface area contributed by atoms with Gasteiger partial charge in [-0.05, 0) is 18.3 Å². The summed E-state index contributed by atoms with van der Waals surface area (Å²) in [6.07, 6.45) is -0.931. The van der Waals surface area contributed by atoms with E-state index in [0.29, 0.717) is 11.1 Å². The molecule has 0 aliphatic carbocycles. The minimum Gasteiger partial charge on any atom is -0.494 e. The molecule has 1 atom stereocenters. The molecule has 7 heteroatoms. The highest BCUT2D eigenvalue weighted by Crippen LogP contribution is 2.36. The fourth-order valence-corrected chi connectivity index (χ4v) is 2.28. The lowest BCUT2D eigenvalue weighted by molar-refractivity contribution is 0.0450. The number of aromatic nitrogens is 2. The smallest absolute Gasteiger partial charge is 0.339 e. The first-order chi connectivity index (χ1) is 9.08. The normalized spacial score (nSPS) is 17.1. The van der Waals surface area contributed by atoms with Gasteiger partial charge in [-0.2, -0.15) is 0 Å². The summed E-state index contributed by atoms with van der Waals surface area (Å²) in [4.78, 5) is 28.3. The standard InChI is InChI=1S/C12H8N2O4S/c15-9-7(10(16)14-12(19)13-9)8-5-3-1-2-4-6(5)11(17)18-8/h1-4,8H,(H3,13,14,15,16,19). The molecule has 0 radical (unpaired) electrons. The minimum absolute atomic E-state index is 0.00357. The number of fused-ring (bicyclic) bond motifs is 1. The average molecular weight is 276 g/mol. The summed E-state index contributed by atoms with van der Waals surface area (Å²) in [5, 5.41) is 9.81. The number of aromatic hydroxyl groups is 1. The van der Waals surface area contributed by atoms with Crippen LogP contribution < -0.4 is 5.56 Å². The van der Waals surface area contributed by atoms with Gasteiger partial charge in [-0.3, -0.25) is 9.78 Å². The lowest BCUT2D eigenvalue weighted by Crippen LogP contribution is -2.18. The molecule has 1 aromatic heterocycles. The predicted octanol–water partition coefficient (Wildman–Crippen LogP) is 1.40. The van der Waals surface area contributed by atoms with Crippen molar-refractivity contribution in [2.24, 2.45) is 0 Å². The van der Waals surface area contributed by atoms with Crippen LogP contribution >= 0.6 is 12.2 Å². The van der Waals surface area contributed by atoms with Crippen molar-refractivity contribution >= 4 is 18.2 Å². The Balaban J connectivity index is 2.24. The van der Waals surface area contributed by atoms with Crippen molar-refractivity contribution in [3.63, 3.8) is 0 Å². The first-order valence-electron chi connectivity index (χ1n) is 5.43. The van der Waals surface area contributed by atoms with Crippen molar-refractivity contribution < 1.29 is 14.6 Å². The Kier molecular flexibility index (Phi) is 2.49. The van der Waals surface area contributed by atoms with Crippen LogP contribution in [0.1, 0.15) is 27.6 Å². The van der Waals surface area contributed by atoms with Gasteiger partial charge in [0.15, 0.2) is 10.9 Å². The molecular formula is C12H8N2O4S. The number of hydrogen-bond donors (Lipinski definition) is 3. The van der Waals surface area contributed by atoms with E-state index >= 15 is 0 Å². The SMILES string of the molecule is O=C1OC(c2c(O)[nH]c(=S)[nH]c2=O)c2ccccc21. The summed E-state index contributed by atoms with van der Waals surface area (Å²) in [5.74, 6) is -0.926. The highest BCUT2D eigenvalue weighted by atomic mass is 32.1. The van der Waals surface area contributed by atoms with Crippen molar-refractivity contribution in [1.82, 2.24) is 9.97 Å². The quantitative estimate of drug-likeness (QED) is 0.540. The molecule has 1 aliphatic rings. The van der Waals surface area contributed by atoms with Crippen LogP contribution in [0.25, 0.3) is 0 Å². The van der Waals surface area contributed by atoms with Gasteiger partial charge in [0.25, 0.3) is 5.56 Å². The van der Waals surface area contributed by atoms with E-state index in [1.54, 1.807) is 24.3 Å². The van der Waals surface area contributed by atoms with Crippen molar-refractivity contribution in [2.75, 3.05) is 0 Å². The molecule has 0 spiro atoms. The Morgan fingerprint density at radius 2 is 1.95 bits per heavy atom. The van der Waals surface area contributed by atoms with Gasteiger partial charge in [-0.15, -0.1) is 0 Å². The zero-order valence-corrected chi connectivity index (χ0v) is 10.3. The molecule has 0 amide bonds. The number of ether oxygens (including phenoxy) is 1. The van der Waals surface area contributed by atoms with Crippen LogP contribution in [-0.2, 0) is 4.74 Å². The summed E-state index contributed by atoms with van der Waals surface area (Å²) >= 11 is 4.74. The number of aromatic amines is 2. The zero-order valence-electron chi connectivity index (χ0n) is 9.47. The van der Waals surface area contributed by atoms with E-state index < -0.39 is 23.5 Å². The number of nitrogens with one attached hydrogen (secondary N) is 2. The molecular weight excluding hydrogens is 268 g/mol. The summed E-state index contributed by atoms with van der Waals surface area (Å²) < 4.78 is 5.15. The molecule has 2 heterocycles. The third kappa shape index (κ3) is 1.75. The molecule has 1 aromatic carbocycles. The monoisotopic (exact) mass is 276 g/mol. The van der Waals surface area contributed by atoms with E-state index in [0.717, 1.165) is 0 Å². The van der Waals surface area contributed by atoms with Gasteiger partial charge in [-0.1, -0.05) is 18.2 Å². The Bertz CT molecular complexity index is 793. The third-order valence-electron chi connectivity index (χ3n) is 2.91. The lowest BCUT2D eigenvalue weighted by atomic mass is 10.0. The van der Waals surface area contributed by atoms with Crippen LogP contribution in [-0.4, -0.2) is 21.0 Å². The summed E-state index contributed by atoms with van der Waals surface area (Å²) in [5.41, 5.74) is 0.273. The second-order valence-corrected chi connectivity index (χ2v) is 4.45. The largest absolute Gasteiger partial charge is 0.494 e. The van der Waals surface area contributed by atoms with Gasteiger partial charge in [-0.25, -0.2) is 4.79 Å². The van der Waals surface area contributed by atoms with E-state index in [1.807, 2.05) is 0 Å². The molecule has 2 aromatic rings. The Hall–Kier alpha value is -2.41. The second-order valence-electron chi connectivity index (χ2n) is 4.04. The molecule has 19 heavy (non-hydrogen) atoms. The number of rotatable bonds is 1. The number of hydrogen-bond acceptors (Lipinski definition) is 5. The van der Waals surface area contributed by atoms with E-state index in [-0.39, 0.29) is 10.3 Å². The molecule has 1 aliphatic heterocycles. The fraction of sp³-hybridized carbons (Fsp3) is 0.0833. The minimum atomic E-state index is -0.931. The average Bonchev–Trinajstić information content (AvgIpc) is 2.67. The summed E-state index contributed by atoms with van der Waals surface area (Å²) in [7, 11) is 0. The van der Waals surface area contributed by atoms with Crippen molar-refractivity contribution in [2.45, 2.75) is 6.10 Å². The van der Waals surface area contributed by atoms with Gasteiger partial charge in [0.05, 0.1) is 5.56 Å². The number of benzene rings is 1. The van der Waals surface area contributed by atoms with Crippen LogP contribution in [0.3, 0.4) is 0 Å². The van der Waals surface area contributed by atoms with Crippen LogP contribution in [0.2, 0.25) is 0 Å². The van der Waals surface area contributed by atoms with E-state index in [9.17, 15) is 14.7 Å². The van der Waals surface area contributed by atoms with Gasteiger partial charge in [0.1, 0.15) is 5.56 Å². The Morgan fingerprint density at radius 1 is 1.21 bits per heavy atom. The summed E-state index contributed by atoms with van der Waals surface area (Å²) in [6, 6.07) is 6.70. The maximum atomic E-state index is 11.9. The van der Waals surface area contributed by atoms with Crippen LogP contribution in [0.5, 0.6) is 5.88 Å². The van der Waals surface area contributed by atoms with Gasteiger partial charge in [0.2, 0.25) is 5.88 Å². The molecule has 0 fully saturated rings. The van der Waals surface area contributed by atoms with E-state index in [1.165, 1.54) is 0 Å². The van der Waals surface area contributed by atoms with Crippen LogP contribution in [0.4, 0.5) is 0 Å². The number of esters is 1. The maximum absolute atomic E-state index is 11.9. The molecule has 6 nitrogen and oxygen atoms in total. The molecule has 96 valence electrons. The Morgan fingerprint density at radius 3 is 2.68 bits per heavy atom. The fourth-order valence-electron chi connectivity index (χ4n) is 2.09. The van der Waals surface area contributed by atoms with E-state index in [2.05, 4.69) is 9.97 Å². The number of carbonyl (C=O) groups is 1. The first kappa shape index (κ1) is 11.7. The molecule has 0 bridgehead atoms.